The second-order valence-electron chi connectivity index (χ2n) is 42.8. The SMILES string of the molecule is C.C=C(C)C(=O)O.C=C(C)C(=O)O.C=C(C)C(=O)OC1=CC2CCC1C2.C=C(C)C(=O)OC1CC2CCC1C2.C=C(C)C(=O)OC1CC2CCC1C2.C=C(C)C(=O)OC1CC2CCC1C2.C=COC12CC3CC(CC(C3)C1)C2.C=COC1CCCC1.CC(=O)O.CC(=O)OC(C)OC1CCCC1.CO.COC(C)OC12CC3CC(CC(C3)C1)C2.O=C(O)C1CC2C=CC1C2.OC1CC2C=CC1C2. The third kappa shape index (κ3) is 39.0. The second kappa shape index (κ2) is 57.6. The van der Waals surface area contributed by atoms with Gasteiger partial charge in [-0.1, -0.05) is 97.2 Å². The van der Waals surface area contributed by atoms with Gasteiger partial charge in [0.1, 0.15) is 29.7 Å². The first-order valence-electron chi connectivity index (χ1n) is 50.9. The number of fused-ring (bicyclic) bond motifs is 12. The van der Waals surface area contributed by atoms with Gasteiger partial charge in [0.2, 0.25) is 0 Å². The number of allylic oxidation sites excluding steroid dienone is 5. The highest BCUT2D eigenvalue weighted by molar-refractivity contribution is 5.89. The fourth-order valence-corrected chi connectivity index (χ4v) is 25.3. The Hall–Kier alpha value is -8.23. The Morgan fingerprint density at radius 2 is 0.781 bits per heavy atom. The molecule has 0 heterocycles. The smallest absolute Gasteiger partial charge is 0.338 e. The van der Waals surface area contributed by atoms with Gasteiger partial charge in [-0.05, 0) is 394 Å². The van der Waals surface area contributed by atoms with Gasteiger partial charge < -0.3 is 78.0 Å². The summed E-state index contributed by atoms with van der Waals surface area (Å²) in [4.78, 5) is 94.3. The van der Waals surface area contributed by atoms with E-state index < -0.39 is 23.9 Å². The molecule has 22 aliphatic rings. The lowest BCUT2D eigenvalue weighted by Gasteiger charge is -2.56. The number of carboxylic acid groups (broad SMARTS) is 4. The number of hydrogen-bond acceptors (Lipinski definition) is 21. The van der Waals surface area contributed by atoms with Crippen molar-refractivity contribution in [1.29, 1.82) is 0 Å². The molecule has 0 aromatic rings. The van der Waals surface area contributed by atoms with E-state index in [4.69, 9.17) is 82.8 Å². The van der Waals surface area contributed by atoms with Crippen molar-refractivity contribution in [3.63, 3.8) is 0 Å². The van der Waals surface area contributed by atoms with E-state index in [1.165, 1.54) is 220 Å². The van der Waals surface area contributed by atoms with Crippen LogP contribution in [0.15, 0.2) is 135 Å². The molecule has 19 fully saturated rings. The van der Waals surface area contributed by atoms with E-state index in [9.17, 15) is 38.4 Å². The lowest BCUT2D eigenvalue weighted by molar-refractivity contribution is -0.242. The van der Waals surface area contributed by atoms with Crippen molar-refractivity contribution in [3.8, 4) is 0 Å². The molecule has 22 aliphatic carbocycles. The molecule has 0 aromatic carbocycles. The summed E-state index contributed by atoms with van der Waals surface area (Å²) in [5.74, 6) is 9.87. The Morgan fingerprint density at radius 3 is 1.03 bits per heavy atom. The van der Waals surface area contributed by atoms with Crippen LogP contribution in [0.5, 0.6) is 0 Å². The Morgan fingerprint density at radius 1 is 0.409 bits per heavy atom. The quantitative estimate of drug-likeness (QED) is 0.0155. The summed E-state index contributed by atoms with van der Waals surface area (Å²) in [5.41, 5.74) is 2.81. The van der Waals surface area contributed by atoms with Crippen LogP contribution in [0.4, 0.5) is 0 Å². The first-order valence-corrected chi connectivity index (χ1v) is 50.9. The zero-order valence-electron chi connectivity index (χ0n) is 84.3. The van der Waals surface area contributed by atoms with Gasteiger partial charge >= 0.3 is 47.8 Å². The molecule has 0 amide bonds. The molecule has 22 rings (SSSR count). The zero-order chi connectivity index (χ0) is 100. The van der Waals surface area contributed by atoms with Gasteiger partial charge in [-0.3, -0.25) is 14.4 Å². The van der Waals surface area contributed by atoms with E-state index in [2.05, 4.69) is 83.0 Å². The van der Waals surface area contributed by atoms with Crippen LogP contribution in [0.25, 0.3) is 0 Å². The minimum absolute atomic E-state index is 0. The molecule has 137 heavy (non-hydrogen) atoms. The molecule has 0 spiro atoms. The number of aliphatic hydroxyl groups excluding tert-OH is 2. The van der Waals surface area contributed by atoms with E-state index in [1.54, 1.807) is 54.3 Å². The second-order valence-corrected chi connectivity index (χ2v) is 42.8. The van der Waals surface area contributed by atoms with E-state index in [0.29, 0.717) is 81.8 Å². The van der Waals surface area contributed by atoms with Crippen LogP contribution in [-0.2, 0) is 90.5 Å². The third-order valence-corrected chi connectivity index (χ3v) is 30.9. The number of esters is 5. The molecule has 19 saturated carbocycles. The summed E-state index contributed by atoms with van der Waals surface area (Å²) < 4.78 is 54.1. The average molecular weight is 1920 g/mol. The van der Waals surface area contributed by atoms with Gasteiger partial charge in [0.05, 0.1) is 42.4 Å². The van der Waals surface area contributed by atoms with Crippen molar-refractivity contribution >= 4 is 53.7 Å². The Balaban J connectivity index is 0.000000230. The molecule has 772 valence electrons. The molecular weight excluding hydrogens is 1750 g/mol. The summed E-state index contributed by atoms with van der Waals surface area (Å²) in [7, 11) is 2.74. The number of carboxylic acids is 4. The fourth-order valence-electron chi connectivity index (χ4n) is 25.3. The largest absolute Gasteiger partial charge is 0.499 e. The Labute approximate surface area is 819 Å². The highest BCUT2D eigenvalue weighted by atomic mass is 16.7. The van der Waals surface area contributed by atoms with Crippen molar-refractivity contribution < 1.29 is 121 Å². The predicted octanol–water partition coefficient (Wildman–Crippen LogP) is 23.2. The van der Waals surface area contributed by atoms with E-state index >= 15 is 0 Å². The highest BCUT2D eigenvalue weighted by Gasteiger charge is 2.54. The summed E-state index contributed by atoms with van der Waals surface area (Å²) in [6.07, 6.45) is 64.1. The van der Waals surface area contributed by atoms with Crippen molar-refractivity contribution in [2.24, 2.45) is 112 Å². The van der Waals surface area contributed by atoms with Gasteiger partial charge in [-0.15, -0.1) is 0 Å². The molecule has 0 aliphatic heterocycles. The summed E-state index contributed by atoms with van der Waals surface area (Å²) in [6.45, 7) is 43.8. The normalized spacial score (nSPS) is 33.6. The lowest BCUT2D eigenvalue weighted by Crippen LogP contribution is -2.53. The molecule has 19 unspecified atom stereocenters. The monoisotopic (exact) mass is 1920 g/mol. The Kier molecular flexibility index (Phi) is 49.4. The summed E-state index contributed by atoms with van der Waals surface area (Å²) >= 11 is 0. The van der Waals surface area contributed by atoms with Crippen molar-refractivity contribution in [1.82, 2.24) is 0 Å². The first-order chi connectivity index (χ1) is 64.4. The number of rotatable bonds is 21. The summed E-state index contributed by atoms with van der Waals surface area (Å²) in [6, 6.07) is 0. The van der Waals surface area contributed by atoms with Crippen molar-refractivity contribution in [3.05, 3.63) is 135 Å². The summed E-state index contributed by atoms with van der Waals surface area (Å²) in [5, 5.41) is 48.1. The number of carbonyl (C=O) groups is 9. The van der Waals surface area contributed by atoms with Gasteiger partial charge in [0.25, 0.3) is 5.97 Å². The minimum Gasteiger partial charge on any atom is -0.499 e. The van der Waals surface area contributed by atoms with Gasteiger partial charge in [0.15, 0.2) is 12.6 Å². The number of carbonyl (C=O) groups excluding carboxylic acids is 5. The minimum atomic E-state index is -0.935. The third-order valence-electron chi connectivity index (χ3n) is 30.9. The van der Waals surface area contributed by atoms with Crippen LogP contribution in [0.2, 0.25) is 0 Å². The maximum atomic E-state index is 11.3. The maximum absolute atomic E-state index is 11.3. The van der Waals surface area contributed by atoms with Crippen LogP contribution < -0.4 is 0 Å². The van der Waals surface area contributed by atoms with Crippen LogP contribution in [0, 0.1) is 112 Å². The van der Waals surface area contributed by atoms with Crippen molar-refractivity contribution in [2.45, 2.75) is 387 Å². The number of ether oxygens (including phenoxy) is 10. The van der Waals surface area contributed by atoms with Crippen LogP contribution in [0.1, 0.15) is 327 Å². The molecule has 25 nitrogen and oxygen atoms in total. The van der Waals surface area contributed by atoms with E-state index in [1.807, 2.05) is 6.92 Å². The molecule has 20 bridgehead atoms. The molecular formula is C112H174O25. The van der Waals surface area contributed by atoms with Crippen LogP contribution >= 0.6 is 0 Å². The van der Waals surface area contributed by atoms with Crippen LogP contribution in [-0.4, -0.2) is 159 Å². The topological polar surface area (TPSA) is 367 Å². The van der Waals surface area contributed by atoms with E-state index in [-0.39, 0.29) is 103 Å². The average Bonchev–Trinajstić information content (AvgIpc) is 1.75. The number of hydrogen-bond donors (Lipinski definition) is 6. The zero-order valence-corrected chi connectivity index (χ0v) is 84.3. The molecule has 0 aromatic heterocycles. The standard InChI is InChI=1S/C13H22O2.C12H18O.3C11H16O2.C11H14O2.C9H16O3.C8H10O2.C7H10O.C7H12O.2C4H6O2.C2H4O2.CH4O.CH4/c1-9(14-2)15-13-6-10-3-11(7-13)5-12(4-10)8-13;1-2-13-12-6-9-3-10(7-12)5-11(4-9)8-12;4*1-7(2)11(12)13-10-6-8-3-4-9(10)5-8;1-7(10)11-8(2)12-9-5-3-4-6-9;9-8(10)7-4-5-1-2-6(7)3-5;8-7-4-5-1-2-6(7)3-5;1-2-8-7-5-3-4-6-7;2*1-3(2)4(5)6;1-2(3)4;1-2;/h9-12H,3-8H2,1-2H3;2,9-11H,1,3-8H2;3*8-10H,1,3-6H2,2H3;6,8-9H,1,3-5H2,2H3;8-9H,3-6H2,1-2H3;1-2,5-7H,3-4H2,(H,9,10);1-2,5-8H,3-4H2;2,7H,1,3-6H2;2*1H2,2H3,(H,5,6);1H3,(H,3,4);2H,1H3;1H4. The fraction of sp³-hybridized carbons (Fsp3) is 0.723. The Bertz CT molecular complexity index is 3850. The first kappa shape index (κ1) is 117. The predicted molar refractivity (Wildman–Crippen MR) is 530 cm³/mol. The molecule has 0 radical (unpaired) electrons. The number of aliphatic carboxylic acids is 4. The van der Waals surface area contributed by atoms with Gasteiger partial charge in [0, 0.05) is 73.3 Å². The lowest BCUT2D eigenvalue weighted by atomic mass is 9.54. The molecule has 6 N–H and O–H groups in total. The van der Waals surface area contributed by atoms with Gasteiger partial charge in [-0.25, -0.2) is 28.8 Å². The number of methoxy groups -OCH3 is 1. The highest BCUT2D eigenvalue weighted by Crippen LogP contribution is 2.59. The molecule has 25 heteroatoms. The number of aliphatic hydroxyl groups is 2. The van der Waals surface area contributed by atoms with E-state index in [0.717, 1.165) is 130 Å². The maximum Gasteiger partial charge on any atom is 0.338 e. The molecule has 19 atom stereocenters. The molecule has 0 saturated heterocycles. The van der Waals surface area contributed by atoms with Gasteiger partial charge in [-0.2, -0.15) is 0 Å². The van der Waals surface area contributed by atoms with Crippen molar-refractivity contribution in [2.75, 3.05) is 14.2 Å². The van der Waals surface area contributed by atoms with Crippen LogP contribution in [0.3, 0.4) is 0 Å².